The minimum absolute atomic E-state index is 0. The van der Waals surface area contributed by atoms with Gasteiger partial charge < -0.3 is 1.43 Å². The van der Waals surface area contributed by atoms with Crippen molar-refractivity contribution >= 4 is 0 Å². The fraction of sp³-hybridized carbons (Fsp3) is 0.500. The Balaban J connectivity index is 0.00000162. The van der Waals surface area contributed by atoms with E-state index >= 15 is 0 Å². The molecule has 94 valence electrons. The molecule has 2 aliphatic carbocycles. The van der Waals surface area contributed by atoms with Crippen LogP contribution in [0.2, 0.25) is 0 Å². The summed E-state index contributed by atoms with van der Waals surface area (Å²) >= 11 is -0.320. The number of hydrogen-bond donors (Lipinski definition) is 0. The molecular formula is C16H23Re. The van der Waals surface area contributed by atoms with E-state index in [2.05, 4.69) is 52.0 Å². The van der Waals surface area contributed by atoms with E-state index in [1.807, 2.05) is 0 Å². The van der Waals surface area contributed by atoms with Gasteiger partial charge in [-0.1, -0.05) is 0 Å². The molecule has 0 amide bonds. The molecule has 0 nitrogen and oxygen atoms in total. The van der Waals surface area contributed by atoms with Crippen molar-refractivity contribution in [1.29, 1.82) is 0 Å². The second-order valence-electron chi connectivity index (χ2n) is 5.34. The minimum Gasteiger partial charge on any atom is -1.00 e. The monoisotopic (exact) mass is 402 g/mol. The first kappa shape index (κ1) is 13.1. The summed E-state index contributed by atoms with van der Waals surface area (Å²) in [4.78, 5) is 0. The summed E-state index contributed by atoms with van der Waals surface area (Å²) in [5.41, 5.74) is 3.29. The largest absolute Gasteiger partial charge is 1.00 e. The molecule has 0 saturated heterocycles. The van der Waals surface area contributed by atoms with Crippen molar-refractivity contribution in [2.24, 2.45) is 11.8 Å². The van der Waals surface area contributed by atoms with Gasteiger partial charge in [0.05, 0.1) is 0 Å². The molecule has 0 saturated carbocycles. The minimum atomic E-state index is -0.320. The van der Waals surface area contributed by atoms with Crippen LogP contribution in [0.5, 0.6) is 0 Å². The molecule has 2 aliphatic rings. The Hall–Kier alpha value is -0.378. The molecule has 0 radical (unpaired) electrons. The van der Waals surface area contributed by atoms with Gasteiger partial charge in [-0.05, 0) is 0 Å². The van der Waals surface area contributed by atoms with E-state index < -0.39 is 0 Å². The Morgan fingerprint density at radius 3 is 1.65 bits per heavy atom. The molecule has 0 aromatic heterocycles. The molecule has 0 spiro atoms. The second-order valence-corrected chi connectivity index (χ2v) is 9.29. The van der Waals surface area contributed by atoms with Gasteiger partial charge in [-0.3, -0.25) is 0 Å². The van der Waals surface area contributed by atoms with Crippen LogP contribution in [0, 0.1) is 11.8 Å². The molecule has 0 aromatic rings. The fourth-order valence-corrected chi connectivity index (χ4v) is 7.32. The van der Waals surface area contributed by atoms with Gasteiger partial charge >= 0.3 is 114 Å². The van der Waals surface area contributed by atoms with Crippen LogP contribution in [-0.4, -0.2) is 0 Å². The van der Waals surface area contributed by atoms with Crippen LogP contribution in [0.15, 0.2) is 43.5 Å². The van der Waals surface area contributed by atoms with Crippen molar-refractivity contribution in [3.63, 3.8) is 0 Å². The third-order valence-corrected chi connectivity index (χ3v) is 7.60. The number of allylic oxidation sites excluding steroid dienone is 8. The predicted octanol–water partition coefficient (Wildman–Crippen LogP) is 4.92. The summed E-state index contributed by atoms with van der Waals surface area (Å²) in [6.07, 6.45) is 11.9. The smallest absolute Gasteiger partial charge is 1.00 e. The molecule has 1 heteroatoms. The first-order valence-electron chi connectivity index (χ1n) is 6.53. The Morgan fingerprint density at radius 2 is 1.29 bits per heavy atom. The third kappa shape index (κ3) is 2.90. The van der Waals surface area contributed by atoms with Crippen LogP contribution in [0.3, 0.4) is 0 Å². The van der Waals surface area contributed by atoms with E-state index in [9.17, 15) is 0 Å². The van der Waals surface area contributed by atoms with Gasteiger partial charge in [-0.2, -0.15) is 0 Å². The second kappa shape index (κ2) is 5.51. The van der Waals surface area contributed by atoms with Gasteiger partial charge in [-0.15, -0.1) is 0 Å². The standard InChI is InChI=1S/2C8H11.Re.H/c2*1-7(2)8-5-3-4-6-8;;/h2*3,5,7H,4H2,1-2H3;;/q;;+1;-1. The Bertz CT molecular complexity index is 382. The van der Waals surface area contributed by atoms with Crippen LogP contribution in [0.25, 0.3) is 0 Å². The molecule has 2 rings (SSSR count). The third-order valence-electron chi connectivity index (χ3n) is 3.29. The molecule has 0 aliphatic heterocycles. The van der Waals surface area contributed by atoms with Gasteiger partial charge in [-0.25, -0.2) is 0 Å². The quantitative estimate of drug-likeness (QED) is 0.627. The summed E-state index contributed by atoms with van der Waals surface area (Å²) < 4.78 is 3.61. The van der Waals surface area contributed by atoms with Crippen molar-refractivity contribution in [3.05, 3.63) is 43.5 Å². The zero-order valence-corrected chi connectivity index (χ0v) is 14.0. The SMILES string of the molecule is CC(C)C1=[C]([Re+][C]2=C(C(C)C)C=CC2)CC=C1.[H-]. The van der Waals surface area contributed by atoms with Crippen molar-refractivity contribution < 1.29 is 19.4 Å². The van der Waals surface area contributed by atoms with Crippen LogP contribution in [0.4, 0.5) is 0 Å². The van der Waals surface area contributed by atoms with Gasteiger partial charge in [0.15, 0.2) is 0 Å². The topological polar surface area (TPSA) is 0 Å². The number of hydrogen-bond acceptors (Lipinski definition) is 0. The van der Waals surface area contributed by atoms with Crippen molar-refractivity contribution in [2.75, 3.05) is 0 Å². The van der Waals surface area contributed by atoms with Gasteiger partial charge in [0, 0.05) is 0 Å². The first-order valence-corrected chi connectivity index (χ1v) is 9.25. The molecule has 0 aromatic carbocycles. The Kier molecular flexibility index (Phi) is 4.23. The average Bonchev–Trinajstić information content (AvgIpc) is 2.86. The van der Waals surface area contributed by atoms with Crippen molar-refractivity contribution in [1.82, 2.24) is 0 Å². The van der Waals surface area contributed by atoms with E-state index in [0.717, 1.165) is 0 Å². The molecule has 17 heavy (non-hydrogen) atoms. The van der Waals surface area contributed by atoms with E-state index in [1.165, 1.54) is 12.8 Å². The van der Waals surface area contributed by atoms with Crippen LogP contribution in [0.1, 0.15) is 42.0 Å². The Labute approximate surface area is 115 Å². The molecule has 0 unspecified atom stereocenters. The normalized spacial score (nSPS) is 19.6. The molecule has 0 bridgehead atoms. The number of rotatable bonds is 4. The summed E-state index contributed by atoms with van der Waals surface area (Å²) in [6.45, 7) is 9.30. The van der Waals surface area contributed by atoms with Crippen LogP contribution in [-0.2, 0) is 18.0 Å². The average molecular weight is 402 g/mol. The van der Waals surface area contributed by atoms with E-state index in [0.29, 0.717) is 11.8 Å². The van der Waals surface area contributed by atoms with E-state index in [1.54, 1.807) is 19.2 Å². The maximum atomic E-state index is 2.37. The molecule has 0 N–H and O–H groups in total. The molecular weight excluding hydrogens is 378 g/mol. The van der Waals surface area contributed by atoms with Crippen LogP contribution < -0.4 is 0 Å². The zero-order chi connectivity index (χ0) is 12.4. The van der Waals surface area contributed by atoms with E-state index in [4.69, 9.17) is 0 Å². The molecule has 0 atom stereocenters. The maximum absolute atomic E-state index is 2.37. The summed E-state index contributed by atoms with van der Waals surface area (Å²) in [7, 11) is 0. The fourth-order valence-electron chi connectivity index (χ4n) is 2.33. The zero-order valence-electron chi connectivity index (χ0n) is 12.3. The van der Waals surface area contributed by atoms with Gasteiger partial charge in [0.2, 0.25) is 0 Å². The molecule has 0 heterocycles. The predicted molar refractivity (Wildman–Crippen MR) is 72.4 cm³/mol. The van der Waals surface area contributed by atoms with Crippen molar-refractivity contribution in [3.8, 4) is 0 Å². The van der Waals surface area contributed by atoms with Gasteiger partial charge in [0.25, 0.3) is 0 Å². The maximum Gasteiger partial charge on any atom is -1.00 e. The summed E-state index contributed by atoms with van der Waals surface area (Å²) in [6, 6.07) is 0. The van der Waals surface area contributed by atoms with Crippen LogP contribution >= 0.6 is 0 Å². The van der Waals surface area contributed by atoms with E-state index in [-0.39, 0.29) is 19.4 Å². The summed E-state index contributed by atoms with van der Waals surface area (Å²) in [5, 5.41) is 0. The van der Waals surface area contributed by atoms with Crippen molar-refractivity contribution in [2.45, 2.75) is 40.5 Å². The first-order chi connectivity index (χ1) is 8.09. The Morgan fingerprint density at radius 1 is 0.882 bits per heavy atom. The van der Waals surface area contributed by atoms with Gasteiger partial charge in [0.1, 0.15) is 0 Å². The summed E-state index contributed by atoms with van der Waals surface area (Å²) in [5.74, 6) is 1.41. The molecule has 0 fully saturated rings.